The van der Waals surface area contributed by atoms with Crippen molar-refractivity contribution in [2.75, 3.05) is 16.4 Å². The highest BCUT2D eigenvalue weighted by Gasteiger charge is 2.15. The minimum atomic E-state index is 0.113. The minimum Gasteiger partial charge on any atom is -0.347 e. The Morgan fingerprint density at radius 3 is 2.67 bits per heavy atom. The summed E-state index contributed by atoms with van der Waals surface area (Å²) in [4.78, 5) is 12.0. The molecule has 3 rings (SSSR count). The van der Waals surface area contributed by atoms with Gasteiger partial charge in [0.1, 0.15) is 0 Å². The fourth-order valence-electron chi connectivity index (χ4n) is 2.57. The van der Waals surface area contributed by atoms with Crippen molar-refractivity contribution in [2.24, 2.45) is 0 Å². The maximum absolute atomic E-state index is 12.0. The quantitative estimate of drug-likeness (QED) is 0.427. The van der Waals surface area contributed by atoms with Gasteiger partial charge >= 0.3 is 0 Å². The summed E-state index contributed by atoms with van der Waals surface area (Å²) in [6.45, 7) is 0. The van der Waals surface area contributed by atoms with Crippen LogP contribution in [0.25, 0.3) is 0 Å². The van der Waals surface area contributed by atoms with Crippen molar-refractivity contribution >= 4 is 55.2 Å². The third kappa shape index (κ3) is 5.76. The first kappa shape index (κ1) is 17.7. The van der Waals surface area contributed by atoms with E-state index in [1.807, 2.05) is 63.4 Å². The molecule has 0 bridgehead atoms. The summed E-state index contributed by atoms with van der Waals surface area (Å²) in [5.41, 5.74) is 1.89. The number of anilines is 3. The molecule has 1 aromatic heterocycles. The van der Waals surface area contributed by atoms with Crippen LogP contribution in [0.2, 0.25) is 0 Å². The van der Waals surface area contributed by atoms with Crippen LogP contribution >= 0.6 is 32.9 Å². The largest absolute Gasteiger partial charge is 0.347 e. The van der Waals surface area contributed by atoms with E-state index in [9.17, 15) is 4.79 Å². The molecule has 2 N–H and O–H groups in total. The zero-order valence-electron chi connectivity index (χ0n) is 13.5. The number of unbranched alkanes of at least 4 members (excludes halogenated alkanes) is 1. The van der Waals surface area contributed by atoms with E-state index in [-0.39, 0.29) is 5.91 Å². The van der Waals surface area contributed by atoms with Gasteiger partial charge in [0.05, 0.1) is 5.00 Å². The maximum Gasteiger partial charge on any atom is 0.224 e. The van der Waals surface area contributed by atoms with Gasteiger partial charge in [-0.25, -0.2) is 0 Å². The molecule has 1 saturated heterocycles. The Morgan fingerprint density at radius 1 is 1.12 bits per heavy atom. The number of benzene rings is 1. The van der Waals surface area contributed by atoms with Crippen molar-refractivity contribution in [1.82, 2.24) is 0 Å². The summed E-state index contributed by atoms with van der Waals surface area (Å²) < 4.78 is 0. The molecule has 3 nitrogen and oxygen atoms in total. The fraction of sp³-hybridized carbons (Fsp3) is 0.389. The Hall–Kier alpha value is -1.11. The van der Waals surface area contributed by atoms with Crippen molar-refractivity contribution in [2.45, 2.75) is 37.4 Å². The van der Waals surface area contributed by atoms with Crippen LogP contribution in [-0.2, 0) is 4.79 Å². The first-order valence-corrected chi connectivity index (χ1v) is 11.5. The average Bonchev–Trinajstić information content (AvgIpc) is 3.27. The molecular formula is C18H22N2OS3. The molecule has 2 heterocycles. The summed E-state index contributed by atoms with van der Waals surface area (Å²) in [6, 6.07) is 11.9. The lowest BCUT2D eigenvalue weighted by atomic mass is 10.1. The molecule has 1 amide bonds. The lowest BCUT2D eigenvalue weighted by molar-refractivity contribution is -0.116. The van der Waals surface area contributed by atoms with Gasteiger partial charge in [-0.15, -0.1) is 11.3 Å². The van der Waals surface area contributed by atoms with Crippen LogP contribution in [0, 0.1) is 0 Å². The van der Waals surface area contributed by atoms with Gasteiger partial charge in [0.25, 0.3) is 0 Å². The summed E-state index contributed by atoms with van der Waals surface area (Å²) in [5, 5.41) is 10.3. The highest BCUT2D eigenvalue weighted by Crippen LogP contribution is 2.39. The molecule has 6 heteroatoms. The molecule has 1 aliphatic heterocycles. The van der Waals surface area contributed by atoms with E-state index in [4.69, 9.17) is 0 Å². The summed E-state index contributed by atoms with van der Waals surface area (Å²) in [7, 11) is 4.00. The second kappa shape index (κ2) is 9.39. The van der Waals surface area contributed by atoms with Crippen LogP contribution in [0.1, 0.15) is 32.1 Å². The standard InChI is InChI=1S/C18H22N2OS3/c21-17(5-2-1-4-16-11-13-23-24-16)19-14-7-9-15(10-8-14)20-18-6-3-12-22-18/h3,6-10,12,16,20H,1-2,4-5,11,13H2,(H,19,21). The Balaban J connectivity index is 1.36. The molecule has 24 heavy (non-hydrogen) atoms. The molecule has 0 radical (unpaired) electrons. The molecule has 1 aromatic carbocycles. The molecule has 1 unspecified atom stereocenters. The van der Waals surface area contributed by atoms with Gasteiger partial charge in [-0.05, 0) is 61.0 Å². The first-order valence-electron chi connectivity index (χ1n) is 8.28. The van der Waals surface area contributed by atoms with E-state index in [1.165, 1.54) is 18.6 Å². The number of thiophene rings is 1. The van der Waals surface area contributed by atoms with Gasteiger partial charge in [-0.2, -0.15) is 0 Å². The molecule has 0 aliphatic carbocycles. The van der Waals surface area contributed by atoms with Crippen LogP contribution in [0.15, 0.2) is 41.8 Å². The molecule has 1 atom stereocenters. The Morgan fingerprint density at radius 2 is 1.96 bits per heavy atom. The zero-order chi connectivity index (χ0) is 16.6. The average molecular weight is 379 g/mol. The third-order valence-corrected chi connectivity index (χ3v) is 7.66. The van der Waals surface area contributed by atoms with Crippen molar-refractivity contribution in [3.05, 3.63) is 41.8 Å². The lowest BCUT2D eigenvalue weighted by Gasteiger charge is -2.09. The molecule has 2 aromatic rings. The number of nitrogens with one attached hydrogen (secondary N) is 2. The number of rotatable bonds is 8. The van der Waals surface area contributed by atoms with E-state index in [1.54, 1.807) is 11.3 Å². The highest BCUT2D eigenvalue weighted by atomic mass is 33.1. The van der Waals surface area contributed by atoms with Gasteiger partial charge in [0, 0.05) is 28.8 Å². The first-order chi connectivity index (χ1) is 11.8. The lowest BCUT2D eigenvalue weighted by Crippen LogP contribution is -2.11. The van der Waals surface area contributed by atoms with Gasteiger partial charge in [0.2, 0.25) is 5.91 Å². The molecule has 1 aliphatic rings. The summed E-state index contributed by atoms with van der Waals surface area (Å²) >= 11 is 1.67. The van der Waals surface area contributed by atoms with E-state index in [0.717, 1.165) is 34.5 Å². The smallest absolute Gasteiger partial charge is 0.224 e. The van der Waals surface area contributed by atoms with Crippen LogP contribution < -0.4 is 10.6 Å². The molecule has 0 saturated carbocycles. The van der Waals surface area contributed by atoms with E-state index in [0.29, 0.717) is 6.42 Å². The van der Waals surface area contributed by atoms with E-state index >= 15 is 0 Å². The fourth-order valence-corrected chi connectivity index (χ4v) is 6.24. The number of carbonyl (C=O) groups is 1. The predicted octanol–water partition coefficient (Wildman–Crippen LogP) is 6.14. The maximum atomic E-state index is 12.0. The van der Waals surface area contributed by atoms with Gasteiger partial charge in [-0.1, -0.05) is 28.0 Å². The number of hydrogen-bond acceptors (Lipinski definition) is 5. The zero-order valence-corrected chi connectivity index (χ0v) is 15.9. The number of hydrogen-bond donors (Lipinski definition) is 2. The highest BCUT2D eigenvalue weighted by molar-refractivity contribution is 8.77. The van der Waals surface area contributed by atoms with Gasteiger partial charge in [0.15, 0.2) is 0 Å². The number of carbonyl (C=O) groups excluding carboxylic acids is 1. The monoisotopic (exact) mass is 378 g/mol. The second-order valence-corrected chi connectivity index (χ2v) is 9.54. The van der Waals surface area contributed by atoms with E-state index in [2.05, 4.69) is 10.6 Å². The third-order valence-electron chi connectivity index (χ3n) is 3.86. The Labute approximate surface area is 155 Å². The number of amides is 1. The summed E-state index contributed by atoms with van der Waals surface area (Å²) in [6.07, 6.45) is 5.31. The molecule has 1 fully saturated rings. The van der Waals surface area contributed by atoms with Gasteiger partial charge < -0.3 is 10.6 Å². The molecular weight excluding hydrogens is 356 g/mol. The van der Waals surface area contributed by atoms with Crippen LogP contribution in [0.4, 0.5) is 16.4 Å². The predicted molar refractivity (Wildman–Crippen MR) is 110 cm³/mol. The Kier molecular flexibility index (Phi) is 6.93. The van der Waals surface area contributed by atoms with Crippen LogP contribution in [0.3, 0.4) is 0 Å². The van der Waals surface area contributed by atoms with Crippen LogP contribution in [-0.4, -0.2) is 16.9 Å². The van der Waals surface area contributed by atoms with Crippen molar-refractivity contribution in [3.63, 3.8) is 0 Å². The minimum absolute atomic E-state index is 0.113. The van der Waals surface area contributed by atoms with Crippen LogP contribution in [0.5, 0.6) is 0 Å². The van der Waals surface area contributed by atoms with Crippen molar-refractivity contribution in [1.29, 1.82) is 0 Å². The molecule has 0 spiro atoms. The SMILES string of the molecule is O=C(CCCCC1CCSS1)Nc1ccc(Nc2cccs2)cc1. The van der Waals surface area contributed by atoms with Gasteiger partial charge in [-0.3, -0.25) is 4.79 Å². The topological polar surface area (TPSA) is 41.1 Å². The van der Waals surface area contributed by atoms with Crippen molar-refractivity contribution in [3.8, 4) is 0 Å². The summed E-state index contributed by atoms with van der Waals surface area (Å²) in [5.74, 6) is 1.40. The Bertz CT molecular complexity index is 622. The van der Waals surface area contributed by atoms with Crippen molar-refractivity contribution < 1.29 is 4.79 Å². The molecule has 128 valence electrons. The van der Waals surface area contributed by atoms with E-state index < -0.39 is 0 Å². The second-order valence-electron chi connectivity index (χ2n) is 5.80. The normalized spacial score (nSPS) is 16.9.